The summed E-state index contributed by atoms with van der Waals surface area (Å²) >= 11 is 6.21. The molecule has 0 amide bonds. The molecule has 2 heterocycles. The van der Waals surface area contributed by atoms with Crippen LogP contribution in [0.4, 0.5) is 5.69 Å². The average Bonchev–Trinajstić information content (AvgIpc) is 3.43. The number of para-hydroxylation sites is 2. The molecule has 2 aromatic heterocycles. The fraction of sp³-hybridized carbons (Fsp3) is 0.0769. The van der Waals surface area contributed by atoms with E-state index in [9.17, 15) is 9.59 Å². The lowest BCUT2D eigenvalue weighted by atomic mass is 10.1. The number of ether oxygens (including phenoxy) is 1. The fourth-order valence-electron chi connectivity index (χ4n) is 3.69. The molecule has 0 aliphatic carbocycles. The van der Waals surface area contributed by atoms with Crippen LogP contribution >= 0.6 is 11.6 Å². The van der Waals surface area contributed by atoms with Crippen LogP contribution in [-0.4, -0.2) is 25.2 Å². The van der Waals surface area contributed by atoms with E-state index >= 15 is 0 Å². The molecule has 1 N–H and O–H groups in total. The molecular weight excluding hydrogens is 442 g/mol. The van der Waals surface area contributed by atoms with Crippen LogP contribution in [-0.2, 0) is 0 Å². The first-order chi connectivity index (χ1) is 16.0. The number of benzene rings is 3. The number of methoxy groups -OCH3 is 1. The van der Waals surface area contributed by atoms with Crippen molar-refractivity contribution in [1.82, 2.24) is 0 Å². The van der Waals surface area contributed by atoms with Crippen LogP contribution in [0.5, 0.6) is 5.75 Å². The van der Waals surface area contributed by atoms with Crippen molar-refractivity contribution in [2.75, 3.05) is 19.0 Å². The Kier molecular flexibility index (Phi) is 5.36. The first-order valence-electron chi connectivity index (χ1n) is 10.2. The van der Waals surface area contributed by atoms with Gasteiger partial charge in [0.2, 0.25) is 11.6 Å². The summed E-state index contributed by atoms with van der Waals surface area (Å²) in [6.45, 7) is -0.0764. The Morgan fingerprint density at radius 3 is 2.45 bits per heavy atom. The molecule has 0 fully saturated rings. The van der Waals surface area contributed by atoms with Gasteiger partial charge in [-0.15, -0.1) is 0 Å². The van der Waals surface area contributed by atoms with Crippen molar-refractivity contribution < 1.29 is 23.2 Å². The lowest BCUT2D eigenvalue weighted by Crippen LogP contribution is -2.15. The third kappa shape index (κ3) is 3.85. The molecule has 0 saturated heterocycles. The van der Waals surface area contributed by atoms with Gasteiger partial charge in [0.15, 0.2) is 11.5 Å². The van der Waals surface area contributed by atoms with Gasteiger partial charge in [0, 0.05) is 16.3 Å². The van der Waals surface area contributed by atoms with Gasteiger partial charge >= 0.3 is 0 Å². The summed E-state index contributed by atoms with van der Waals surface area (Å²) in [7, 11) is 1.50. The monoisotopic (exact) mass is 459 g/mol. The van der Waals surface area contributed by atoms with Crippen molar-refractivity contribution in [3.63, 3.8) is 0 Å². The number of rotatable bonds is 7. The third-order valence-corrected chi connectivity index (χ3v) is 5.64. The molecule has 0 bridgehead atoms. The zero-order valence-corrected chi connectivity index (χ0v) is 18.3. The van der Waals surface area contributed by atoms with E-state index in [1.165, 1.54) is 13.2 Å². The number of hydrogen-bond donors (Lipinski definition) is 1. The summed E-state index contributed by atoms with van der Waals surface area (Å²) in [5.41, 5.74) is 1.94. The zero-order chi connectivity index (χ0) is 22.9. The first kappa shape index (κ1) is 20.8. The number of ketones is 2. The van der Waals surface area contributed by atoms with Crippen LogP contribution in [0.25, 0.3) is 21.9 Å². The minimum Gasteiger partial charge on any atom is -0.495 e. The van der Waals surface area contributed by atoms with Gasteiger partial charge in [-0.2, -0.15) is 0 Å². The number of carbonyl (C=O) groups excluding carboxylic acids is 2. The number of carbonyl (C=O) groups is 2. The first-order valence-corrected chi connectivity index (χ1v) is 10.6. The second kappa shape index (κ2) is 8.48. The summed E-state index contributed by atoms with van der Waals surface area (Å²) in [6.07, 6.45) is 0. The Hall–Kier alpha value is -4.03. The summed E-state index contributed by atoms with van der Waals surface area (Å²) in [6, 6.07) is 21.1. The van der Waals surface area contributed by atoms with E-state index < -0.39 is 0 Å². The van der Waals surface area contributed by atoms with Gasteiger partial charge in [-0.3, -0.25) is 9.59 Å². The van der Waals surface area contributed by atoms with Gasteiger partial charge in [0.25, 0.3) is 0 Å². The lowest BCUT2D eigenvalue weighted by Gasteiger charge is -2.07. The maximum Gasteiger partial charge on any atom is 0.230 e. The maximum absolute atomic E-state index is 13.3. The standard InChI is InChI=1S/C26H18ClNO5/c1-31-22-11-10-16(12-18(22)27)25(30)26-24(17-7-3-5-9-21(17)33-26)28-14-19(29)23-13-15-6-2-4-8-20(15)32-23/h2-13,28H,14H2,1H3. The molecule has 33 heavy (non-hydrogen) atoms. The maximum atomic E-state index is 13.3. The van der Waals surface area contributed by atoms with Crippen LogP contribution in [0.15, 0.2) is 81.6 Å². The summed E-state index contributed by atoms with van der Waals surface area (Å²) < 4.78 is 16.7. The van der Waals surface area contributed by atoms with E-state index in [0.717, 1.165) is 5.39 Å². The number of anilines is 1. The Morgan fingerprint density at radius 2 is 1.70 bits per heavy atom. The molecule has 3 aromatic carbocycles. The van der Waals surface area contributed by atoms with E-state index in [4.69, 9.17) is 25.2 Å². The van der Waals surface area contributed by atoms with Gasteiger partial charge in [-0.1, -0.05) is 41.9 Å². The van der Waals surface area contributed by atoms with Crippen LogP contribution in [0.3, 0.4) is 0 Å². The second-order valence-corrected chi connectivity index (χ2v) is 7.81. The molecular formula is C26H18ClNO5. The lowest BCUT2D eigenvalue weighted by molar-refractivity contribution is 0.0978. The van der Waals surface area contributed by atoms with E-state index in [2.05, 4.69) is 5.32 Å². The highest BCUT2D eigenvalue weighted by atomic mass is 35.5. The minimum atomic E-state index is -0.366. The number of fused-ring (bicyclic) bond motifs is 2. The predicted molar refractivity (Wildman–Crippen MR) is 127 cm³/mol. The molecule has 0 atom stereocenters. The molecule has 7 heteroatoms. The number of hydrogen-bond acceptors (Lipinski definition) is 6. The van der Waals surface area contributed by atoms with Crippen LogP contribution in [0.1, 0.15) is 26.7 Å². The van der Waals surface area contributed by atoms with Crippen molar-refractivity contribution in [3.05, 3.63) is 94.9 Å². The Bertz CT molecular complexity index is 1480. The largest absolute Gasteiger partial charge is 0.495 e. The highest BCUT2D eigenvalue weighted by Crippen LogP contribution is 2.34. The molecule has 0 aliphatic rings. The number of halogens is 1. The minimum absolute atomic E-state index is 0.0764. The van der Waals surface area contributed by atoms with E-state index in [-0.39, 0.29) is 29.6 Å². The summed E-state index contributed by atoms with van der Waals surface area (Å²) in [4.78, 5) is 26.1. The van der Waals surface area contributed by atoms with Gasteiger partial charge in [0.05, 0.1) is 24.4 Å². The van der Waals surface area contributed by atoms with E-state index in [1.807, 2.05) is 36.4 Å². The second-order valence-electron chi connectivity index (χ2n) is 7.41. The average molecular weight is 460 g/mol. The zero-order valence-electron chi connectivity index (χ0n) is 17.6. The molecule has 5 rings (SSSR count). The highest BCUT2D eigenvalue weighted by molar-refractivity contribution is 6.32. The van der Waals surface area contributed by atoms with E-state index in [0.29, 0.717) is 38.6 Å². The Balaban J connectivity index is 1.47. The smallest absolute Gasteiger partial charge is 0.230 e. The Labute approximate surface area is 193 Å². The molecule has 0 saturated carbocycles. The number of furan rings is 2. The SMILES string of the molecule is COc1ccc(C(=O)c2oc3ccccc3c2NCC(=O)c2cc3ccccc3o2)cc1Cl. The third-order valence-electron chi connectivity index (χ3n) is 5.34. The molecule has 0 spiro atoms. The van der Waals surface area contributed by atoms with Crippen LogP contribution in [0, 0.1) is 0 Å². The van der Waals surface area contributed by atoms with E-state index in [1.54, 1.807) is 30.3 Å². The fourth-order valence-corrected chi connectivity index (χ4v) is 3.95. The van der Waals surface area contributed by atoms with Crippen molar-refractivity contribution in [1.29, 1.82) is 0 Å². The molecule has 0 unspecified atom stereocenters. The number of Topliss-reactive ketones (excluding diaryl/α,β-unsaturated/α-hetero) is 1. The quantitative estimate of drug-likeness (QED) is 0.285. The summed E-state index contributed by atoms with van der Waals surface area (Å²) in [5, 5.41) is 4.94. The van der Waals surface area contributed by atoms with Crippen molar-refractivity contribution in [2.24, 2.45) is 0 Å². The summed E-state index contributed by atoms with van der Waals surface area (Å²) in [5.74, 6) is 0.186. The molecule has 164 valence electrons. The highest BCUT2D eigenvalue weighted by Gasteiger charge is 2.24. The van der Waals surface area contributed by atoms with Crippen molar-refractivity contribution >= 4 is 50.8 Å². The van der Waals surface area contributed by atoms with Gasteiger partial charge in [0.1, 0.15) is 16.9 Å². The normalized spacial score (nSPS) is 11.1. The van der Waals surface area contributed by atoms with Crippen LogP contribution < -0.4 is 10.1 Å². The van der Waals surface area contributed by atoms with Gasteiger partial charge in [-0.25, -0.2) is 0 Å². The van der Waals surface area contributed by atoms with Crippen molar-refractivity contribution in [2.45, 2.75) is 0 Å². The predicted octanol–water partition coefficient (Wildman–Crippen LogP) is 6.37. The van der Waals surface area contributed by atoms with Crippen molar-refractivity contribution in [3.8, 4) is 5.75 Å². The van der Waals surface area contributed by atoms with Gasteiger partial charge in [-0.05, 0) is 42.5 Å². The van der Waals surface area contributed by atoms with Crippen LogP contribution in [0.2, 0.25) is 5.02 Å². The number of nitrogens with one attached hydrogen (secondary N) is 1. The van der Waals surface area contributed by atoms with Gasteiger partial charge < -0.3 is 18.9 Å². The Morgan fingerprint density at radius 1 is 0.939 bits per heavy atom. The topological polar surface area (TPSA) is 81.7 Å². The molecule has 0 radical (unpaired) electrons. The molecule has 6 nitrogen and oxygen atoms in total. The molecule has 0 aliphatic heterocycles. The molecule has 5 aromatic rings.